The molecule has 16 heavy (non-hydrogen) atoms. The van der Waals surface area contributed by atoms with Gasteiger partial charge in [-0.05, 0) is 25.5 Å². The highest BCUT2D eigenvalue weighted by Crippen LogP contribution is 2.36. The number of cyclic esters (lactones) is 1. The summed E-state index contributed by atoms with van der Waals surface area (Å²) in [4.78, 5) is 11.7. The van der Waals surface area contributed by atoms with Crippen LogP contribution in [0.4, 0.5) is 0 Å². The Balaban J connectivity index is 2.35. The van der Waals surface area contributed by atoms with Crippen LogP contribution in [0.15, 0.2) is 35.9 Å². The van der Waals surface area contributed by atoms with E-state index in [0.29, 0.717) is 0 Å². The van der Waals surface area contributed by atoms with Gasteiger partial charge in [-0.3, -0.25) is 0 Å². The Bertz CT molecular complexity index is 429. The van der Waals surface area contributed by atoms with Crippen molar-refractivity contribution in [1.29, 1.82) is 0 Å². The van der Waals surface area contributed by atoms with Crippen LogP contribution in [0.25, 0.3) is 6.08 Å². The van der Waals surface area contributed by atoms with Gasteiger partial charge in [-0.15, -0.1) is 0 Å². The first-order valence-electron chi connectivity index (χ1n) is 5.51. The number of carbonyl (C=O) groups is 1. The Morgan fingerprint density at radius 1 is 1.25 bits per heavy atom. The quantitative estimate of drug-likeness (QED) is 0.532. The van der Waals surface area contributed by atoms with Crippen LogP contribution in [-0.2, 0) is 9.53 Å². The van der Waals surface area contributed by atoms with Crippen LogP contribution in [0.2, 0.25) is 0 Å². The fourth-order valence-corrected chi connectivity index (χ4v) is 1.85. The summed E-state index contributed by atoms with van der Waals surface area (Å²) in [7, 11) is 0. The number of hydrogen-bond donors (Lipinski definition) is 0. The van der Waals surface area contributed by atoms with E-state index >= 15 is 0 Å². The molecule has 2 nitrogen and oxygen atoms in total. The van der Waals surface area contributed by atoms with Gasteiger partial charge >= 0.3 is 5.97 Å². The fraction of sp³-hybridized carbons (Fsp3) is 0.357. The minimum atomic E-state index is -0.391. The molecule has 0 bridgehead atoms. The first-order chi connectivity index (χ1) is 7.50. The molecule has 0 spiro atoms. The summed E-state index contributed by atoms with van der Waals surface area (Å²) in [6.07, 6.45) is 1.92. The molecule has 1 aromatic carbocycles. The van der Waals surface area contributed by atoms with Gasteiger partial charge in [0, 0.05) is 11.5 Å². The van der Waals surface area contributed by atoms with Crippen molar-refractivity contribution in [3.63, 3.8) is 0 Å². The number of carbonyl (C=O) groups excluding carboxylic acids is 1. The predicted octanol–water partition coefficient (Wildman–Crippen LogP) is 3.04. The molecule has 0 radical (unpaired) electrons. The molecule has 0 saturated carbocycles. The Morgan fingerprint density at radius 2 is 1.88 bits per heavy atom. The highest BCUT2D eigenvalue weighted by molar-refractivity contribution is 5.96. The SMILES string of the molecule is CC1/C(=C\c2ccccc2)C(=O)OC1(C)C. The molecule has 1 atom stereocenters. The molecule has 1 heterocycles. The Labute approximate surface area is 95.9 Å². The second-order valence-electron chi connectivity index (χ2n) is 4.73. The maximum Gasteiger partial charge on any atom is 0.335 e. The summed E-state index contributed by atoms with van der Waals surface area (Å²) < 4.78 is 5.34. The molecule has 1 saturated heterocycles. The molecule has 1 aliphatic rings. The highest BCUT2D eigenvalue weighted by atomic mass is 16.6. The van der Waals surface area contributed by atoms with Crippen LogP contribution < -0.4 is 0 Å². The standard InChI is InChI=1S/C14H16O2/c1-10-12(13(15)16-14(10,2)3)9-11-7-5-4-6-8-11/h4-10H,1-3H3/b12-9+. The Kier molecular flexibility index (Phi) is 2.58. The lowest BCUT2D eigenvalue weighted by atomic mass is 9.88. The summed E-state index contributed by atoms with van der Waals surface area (Å²) in [6.45, 7) is 5.92. The third-order valence-electron chi connectivity index (χ3n) is 3.22. The monoisotopic (exact) mass is 216 g/mol. The van der Waals surface area contributed by atoms with Crippen molar-refractivity contribution in [1.82, 2.24) is 0 Å². The van der Waals surface area contributed by atoms with Crippen LogP contribution in [0.5, 0.6) is 0 Å². The normalized spacial score (nSPS) is 25.8. The lowest BCUT2D eigenvalue weighted by molar-refractivity contribution is -0.144. The highest BCUT2D eigenvalue weighted by Gasteiger charge is 2.42. The number of benzene rings is 1. The van der Waals surface area contributed by atoms with Crippen molar-refractivity contribution in [3.05, 3.63) is 41.5 Å². The maximum atomic E-state index is 11.7. The van der Waals surface area contributed by atoms with E-state index in [1.807, 2.05) is 57.2 Å². The van der Waals surface area contributed by atoms with Crippen LogP contribution in [-0.4, -0.2) is 11.6 Å². The van der Waals surface area contributed by atoms with Gasteiger partial charge in [0.2, 0.25) is 0 Å². The summed E-state index contributed by atoms with van der Waals surface area (Å²) >= 11 is 0. The van der Waals surface area contributed by atoms with Crippen LogP contribution in [0.1, 0.15) is 26.3 Å². The molecule has 2 heteroatoms. The first kappa shape index (κ1) is 10.9. The molecule has 84 valence electrons. The molecular formula is C14H16O2. The topological polar surface area (TPSA) is 26.3 Å². The molecule has 0 aromatic heterocycles. The van der Waals surface area contributed by atoms with E-state index in [-0.39, 0.29) is 11.9 Å². The van der Waals surface area contributed by atoms with Crippen molar-refractivity contribution in [2.75, 3.05) is 0 Å². The van der Waals surface area contributed by atoms with E-state index in [1.165, 1.54) is 0 Å². The molecule has 0 aliphatic carbocycles. The molecule has 0 N–H and O–H groups in total. The second kappa shape index (κ2) is 3.78. The number of esters is 1. The smallest absolute Gasteiger partial charge is 0.335 e. The molecule has 1 aliphatic heterocycles. The summed E-state index contributed by atoms with van der Waals surface area (Å²) in [5.74, 6) is -0.0680. The number of rotatable bonds is 1. The molecular weight excluding hydrogens is 200 g/mol. The van der Waals surface area contributed by atoms with Crippen LogP contribution >= 0.6 is 0 Å². The van der Waals surface area contributed by atoms with Gasteiger partial charge in [0.1, 0.15) is 5.60 Å². The van der Waals surface area contributed by atoms with Crippen molar-refractivity contribution < 1.29 is 9.53 Å². The largest absolute Gasteiger partial charge is 0.456 e. The lowest BCUT2D eigenvalue weighted by Crippen LogP contribution is -2.25. The minimum Gasteiger partial charge on any atom is -0.456 e. The van der Waals surface area contributed by atoms with Crippen molar-refractivity contribution in [2.45, 2.75) is 26.4 Å². The van der Waals surface area contributed by atoms with Crippen LogP contribution in [0.3, 0.4) is 0 Å². The lowest BCUT2D eigenvalue weighted by Gasteiger charge is -2.20. The zero-order chi connectivity index (χ0) is 11.8. The molecule has 2 rings (SSSR count). The van der Waals surface area contributed by atoms with Crippen molar-refractivity contribution >= 4 is 12.0 Å². The van der Waals surface area contributed by atoms with Crippen molar-refractivity contribution in [3.8, 4) is 0 Å². The summed E-state index contributed by atoms with van der Waals surface area (Å²) in [6, 6.07) is 9.85. The van der Waals surface area contributed by atoms with Gasteiger partial charge in [0.25, 0.3) is 0 Å². The molecule has 1 fully saturated rings. The van der Waals surface area contributed by atoms with E-state index in [9.17, 15) is 4.79 Å². The van der Waals surface area contributed by atoms with Gasteiger partial charge < -0.3 is 4.74 Å². The third kappa shape index (κ3) is 1.87. The minimum absolute atomic E-state index is 0.125. The average molecular weight is 216 g/mol. The first-order valence-corrected chi connectivity index (χ1v) is 5.51. The van der Waals surface area contributed by atoms with Gasteiger partial charge in [0.15, 0.2) is 0 Å². The van der Waals surface area contributed by atoms with E-state index in [0.717, 1.165) is 11.1 Å². The van der Waals surface area contributed by atoms with E-state index < -0.39 is 5.60 Å². The van der Waals surface area contributed by atoms with Crippen molar-refractivity contribution in [2.24, 2.45) is 5.92 Å². The summed E-state index contributed by atoms with van der Waals surface area (Å²) in [5, 5.41) is 0. The van der Waals surface area contributed by atoms with Gasteiger partial charge in [0.05, 0.1) is 0 Å². The third-order valence-corrected chi connectivity index (χ3v) is 3.22. The van der Waals surface area contributed by atoms with E-state index in [1.54, 1.807) is 0 Å². The second-order valence-corrected chi connectivity index (χ2v) is 4.73. The van der Waals surface area contributed by atoms with Gasteiger partial charge in [-0.1, -0.05) is 37.3 Å². The van der Waals surface area contributed by atoms with E-state index in [2.05, 4.69) is 0 Å². The fourth-order valence-electron chi connectivity index (χ4n) is 1.85. The molecule has 1 unspecified atom stereocenters. The predicted molar refractivity (Wildman–Crippen MR) is 63.8 cm³/mol. The molecule has 0 amide bonds. The van der Waals surface area contributed by atoms with E-state index in [4.69, 9.17) is 4.74 Å². The Hall–Kier alpha value is -1.57. The number of ether oxygens (including phenoxy) is 1. The zero-order valence-electron chi connectivity index (χ0n) is 9.86. The zero-order valence-corrected chi connectivity index (χ0v) is 9.86. The summed E-state index contributed by atoms with van der Waals surface area (Å²) in [5.41, 5.74) is 1.41. The molecule has 1 aromatic rings. The average Bonchev–Trinajstić information content (AvgIpc) is 2.42. The van der Waals surface area contributed by atoms with Crippen LogP contribution in [0, 0.1) is 5.92 Å². The maximum absolute atomic E-state index is 11.7. The number of hydrogen-bond acceptors (Lipinski definition) is 2. The van der Waals surface area contributed by atoms with Gasteiger partial charge in [-0.25, -0.2) is 4.79 Å². The van der Waals surface area contributed by atoms with Gasteiger partial charge in [-0.2, -0.15) is 0 Å². The Morgan fingerprint density at radius 3 is 2.38 bits per heavy atom.